The number of allylic oxidation sites excluding steroid dienone is 1. The summed E-state index contributed by atoms with van der Waals surface area (Å²) in [5.74, 6) is 0.145. The van der Waals surface area contributed by atoms with Crippen molar-refractivity contribution < 1.29 is 9.53 Å². The maximum Gasteiger partial charge on any atom is 0.331 e. The van der Waals surface area contributed by atoms with Crippen molar-refractivity contribution in [1.29, 1.82) is 0 Å². The highest BCUT2D eigenvalue weighted by Gasteiger charge is 2.07. The van der Waals surface area contributed by atoms with Gasteiger partial charge in [0.2, 0.25) is 0 Å². The van der Waals surface area contributed by atoms with E-state index >= 15 is 0 Å². The van der Waals surface area contributed by atoms with E-state index in [0.29, 0.717) is 12.4 Å². The molecule has 0 amide bonds. The van der Waals surface area contributed by atoms with Gasteiger partial charge in [-0.25, -0.2) is 19.7 Å². The van der Waals surface area contributed by atoms with Crippen molar-refractivity contribution in [3.8, 4) is 0 Å². The molecule has 156 valence electrons. The van der Waals surface area contributed by atoms with Gasteiger partial charge >= 0.3 is 5.97 Å². The molecule has 3 heterocycles. The van der Waals surface area contributed by atoms with E-state index in [4.69, 9.17) is 10.5 Å². The van der Waals surface area contributed by atoms with Gasteiger partial charge in [0.15, 0.2) is 5.65 Å². The second-order valence-electron chi connectivity index (χ2n) is 7.16. The van der Waals surface area contributed by atoms with Gasteiger partial charge in [-0.15, -0.1) is 0 Å². The third-order valence-electron chi connectivity index (χ3n) is 4.89. The number of pyridine rings is 3. The van der Waals surface area contributed by atoms with Gasteiger partial charge in [0.25, 0.3) is 0 Å². The van der Waals surface area contributed by atoms with Crippen LogP contribution < -0.4 is 5.73 Å². The molecular formula is C24H28N4O2. The number of rotatable bonds is 10. The summed E-state index contributed by atoms with van der Waals surface area (Å²) in [6, 6.07) is 11.8. The van der Waals surface area contributed by atoms with Crippen LogP contribution in [0, 0.1) is 0 Å². The van der Waals surface area contributed by atoms with Crippen molar-refractivity contribution in [2.24, 2.45) is 0 Å². The molecular weight excluding hydrogens is 376 g/mol. The Labute approximate surface area is 177 Å². The maximum atomic E-state index is 11.9. The van der Waals surface area contributed by atoms with E-state index in [-0.39, 0.29) is 5.97 Å². The van der Waals surface area contributed by atoms with Gasteiger partial charge in [-0.3, -0.25) is 0 Å². The quantitative estimate of drug-likeness (QED) is 0.298. The number of fused-ring (bicyclic) bond motifs is 1. The van der Waals surface area contributed by atoms with E-state index in [0.717, 1.165) is 66.4 Å². The molecule has 0 radical (unpaired) electrons. The van der Waals surface area contributed by atoms with Gasteiger partial charge in [-0.1, -0.05) is 12.8 Å². The number of aryl methyl sites for hydroxylation is 1. The summed E-state index contributed by atoms with van der Waals surface area (Å²) in [6.07, 6.45) is 11.0. The molecule has 0 bridgehead atoms. The number of hydrogen-bond donors (Lipinski definition) is 1. The average molecular weight is 405 g/mol. The van der Waals surface area contributed by atoms with Gasteiger partial charge in [-0.2, -0.15) is 0 Å². The summed E-state index contributed by atoms with van der Waals surface area (Å²) in [5.41, 5.74) is 9.41. The molecule has 0 atom stereocenters. The second-order valence-corrected chi connectivity index (χ2v) is 7.16. The Morgan fingerprint density at radius 3 is 2.73 bits per heavy atom. The van der Waals surface area contributed by atoms with Crippen LogP contribution in [0.5, 0.6) is 0 Å². The number of ether oxygens (including phenoxy) is 1. The van der Waals surface area contributed by atoms with Crippen molar-refractivity contribution >= 4 is 28.4 Å². The zero-order chi connectivity index (χ0) is 21.2. The third-order valence-corrected chi connectivity index (χ3v) is 4.89. The minimum absolute atomic E-state index is 0.319. The SMILES string of the molecule is CCOC(=O)/C=C(/CCCCCCc1ccc2cccnc2n1)c1ccc(N)nc1. The fraction of sp³-hybridized carbons (Fsp3) is 0.333. The van der Waals surface area contributed by atoms with Crippen LogP contribution in [0.2, 0.25) is 0 Å². The Morgan fingerprint density at radius 2 is 1.93 bits per heavy atom. The van der Waals surface area contributed by atoms with Crippen LogP contribution in [-0.4, -0.2) is 27.5 Å². The molecule has 0 saturated carbocycles. The molecule has 6 heteroatoms. The largest absolute Gasteiger partial charge is 0.463 e. The Morgan fingerprint density at radius 1 is 1.07 bits per heavy atom. The highest BCUT2D eigenvalue weighted by Crippen LogP contribution is 2.22. The first kappa shape index (κ1) is 21.4. The fourth-order valence-corrected chi connectivity index (χ4v) is 3.33. The normalized spacial score (nSPS) is 11.6. The summed E-state index contributed by atoms with van der Waals surface area (Å²) in [4.78, 5) is 25.0. The second kappa shape index (κ2) is 11.0. The molecule has 2 N–H and O–H groups in total. The van der Waals surface area contributed by atoms with E-state index in [2.05, 4.69) is 27.1 Å². The van der Waals surface area contributed by atoms with Gasteiger partial charge in [0.05, 0.1) is 6.61 Å². The van der Waals surface area contributed by atoms with Crippen LogP contribution in [0.4, 0.5) is 5.82 Å². The smallest absolute Gasteiger partial charge is 0.331 e. The van der Waals surface area contributed by atoms with Crippen molar-refractivity contribution in [3.05, 3.63) is 66.1 Å². The monoisotopic (exact) mass is 404 g/mol. The molecule has 0 aliphatic heterocycles. The van der Waals surface area contributed by atoms with E-state index < -0.39 is 0 Å². The van der Waals surface area contributed by atoms with Gasteiger partial charge in [0, 0.05) is 29.5 Å². The van der Waals surface area contributed by atoms with Crippen LogP contribution in [0.3, 0.4) is 0 Å². The summed E-state index contributed by atoms with van der Waals surface area (Å²) < 4.78 is 5.07. The standard InChI is InChI=1S/C24H28N4O2/c1-2-30-23(29)16-19(20-12-14-22(25)27-17-20)8-5-3-4-6-10-21-13-11-18-9-7-15-26-24(18)28-21/h7,9,11-17H,2-6,8,10H2,1H3,(H2,25,27)/b19-16-. The summed E-state index contributed by atoms with van der Waals surface area (Å²) in [5, 5.41) is 1.07. The highest BCUT2D eigenvalue weighted by molar-refractivity contribution is 5.91. The number of anilines is 1. The van der Waals surface area contributed by atoms with E-state index in [1.54, 1.807) is 31.5 Å². The molecule has 0 fully saturated rings. The molecule has 0 saturated heterocycles. The molecule has 3 rings (SSSR count). The number of carbonyl (C=O) groups is 1. The Balaban J connectivity index is 1.48. The molecule has 0 aliphatic rings. The van der Waals surface area contributed by atoms with Crippen LogP contribution in [-0.2, 0) is 16.0 Å². The molecule has 3 aromatic heterocycles. The van der Waals surface area contributed by atoms with Gasteiger partial charge < -0.3 is 10.5 Å². The highest BCUT2D eigenvalue weighted by atomic mass is 16.5. The Kier molecular flexibility index (Phi) is 7.89. The number of hydrogen-bond acceptors (Lipinski definition) is 6. The summed E-state index contributed by atoms with van der Waals surface area (Å²) >= 11 is 0. The number of nitrogens with zero attached hydrogens (tertiary/aromatic N) is 3. The van der Waals surface area contributed by atoms with E-state index in [1.807, 2.05) is 18.2 Å². The fourth-order valence-electron chi connectivity index (χ4n) is 3.33. The molecule has 0 aliphatic carbocycles. The average Bonchev–Trinajstić information content (AvgIpc) is 2.76. The van der Waals surface area contributed by atoms with Crippen LogP contribution >= 0.6 is 0 Å². The summed E-state index contributed by atoms with van der Waals surface area (Å²) in [6.45, 7) is 2.16. The van der Waals surface area contributed by atoms with Crippen LogP contribution in [0.1, 0.15) is 50.3 Å². The first-order valence-electron chi connectivity index (χ1n) is 10.5. The lowest BCUT2D eigenvalue weighted by atomic mass is 9.99. The number of nitrogen functional groups attached to an aromatic ring is 1. The van der Waals surface area contributed by atoms with Gasteiger partial charge in [-0.05, 0) is 80.1 Å². The first-order valence-corrected chi connectivity index (χ1v) is 10.5. The minimum atomic E-state index is -0.319. The first-order chi connectivity index (χ1) is 14.7. The van der Waals surface area contributed by atoms with E-state index in [9.17, 15) is 4.79 Å². The molecule has 0 aromatic carbocycles. The number of unbranched alkanes of at least 4 members (excludes halogenated alkanes) is 3. The van der Waals surface area contributed by atoms with Crippen molar-refractivity contribution in [2.45, 2.75) is 45.4 Å². The minimum Gasteiger partial charge on any atom is -0.463 e. The van der Waals surface area contributed by atoms with Crippen molar-refractivity contribution in [2.75, 3.05) is 12.3 Å². The maximum absolute atomic E-state index is 11.9. The topological polar surface area (TPSA) is 91.0 Å². The number of aromatic nitrogens is 3. The summed E-state index contributed by atoms with van der Waals surface area (Å²) in [7, 11) is 0. The number of carbonyl (C=O) groups excluding carboxylic acids is 1. The molecule has 0 spiro atoms. The van der Waals surface area contributed by atoms with Crippen molar-refractivity contribution in [1.82, 2.24) is 15.0 Å². The predicted octanol–water partition coefficient (Wildman–Crippen LogP) is 4.75. The number of esters is 1. The lowest BCUT2D eigenvalue weighted by Crippen LogP contribution is -2.02. The molecule has 3 aromatic rings. The molecule has 6 nitrogen and oxygen atoms in total. The predicted molar refractivity (Wildman–Crippen MR) is 120 cm³/mol. The van der Waals surface area contributed by atoms with Crippen molar-refractivity contribution in [3.63, 3.8) is 0 Å². The van der Waals surface area contributed by atoms with Crippen LogP contribution in [0.25, 0.3) is 16.6 Å². The lowest BCUT2D eigenvalue weighted by Gasteiger charge is -2.08. The molecule has 30 heavy (non-hydrogen) atoms. The Bertz CT molecular complexity index is 1000. The zero-order valence-electron chi connectivity index (χ0n) is 17.4. The van der Waals surface area contributed by atoms with Crippen LogP contribution in [0.15, 0.2) is 54.9 Å². The third kappa shape index (κ3) is 6.37. The zero-order valence-corrected chi connectivity index (χ0v) is 17.4. The lowest BCUT2D eigenvalue weighted by molar-refractivity contribution is -0.137. The Hall–Kier alpha value is -3.28. The van der Waals surface area contributed by atoms with E-state index in [1.165, 1.54) is 0 Å². The van der Waals surface area contributed by atoms with Gasteiger partial charge in [0.1, 0.15) is 5.82 Å². The molecule has 0 unspecified atom stereocenters. The number of nitrogens with two attached hydrogens (primary N) is 1.